The van der Waals surface area contributed by atoms with E-state index in [1.54, 1.807) is 0 Å². The largest absolute Gasteiger partial charge is 0.385 e. The van der Waals surface area contributed by atoms with Crippen LogP contribution in [0, 0.1) is 10.1 Å². The number of rotatable bonds is 6. The number of morpholine rings is 1. The van der Waals surface area contributed by atoms with Crippen LogP contribution in [0.15, 0.2) is 10.3 Å². The lowest BCUT2D eigenvalue weighted by atomic mass is 10.4. The van der Waals surface area contributed by atoms with Crippen molar-refractivity contribution >= 4 is 32.0 Å². The number of nitrogens with one attached hydrogen (secondary N) is 1. The van der Waals surface area contributed by atoms with Crippen LogP contribution in [-0.4, -0.2) is 57.6 Å². The second kappa shape index (κ2) is 6.66. The number of anilines is 1. The number of thiophene rings is 1. The third-order valence-corrected chi connectivity index (χ3v) is 5.89. The van der Waals surface area contributed by atoms with E-state index in [1.807, 2.05) is 0 Å². The number of ether oxygens (including phenoxy) is 1. The Morgan fingerprint density at radius 2 is 2.14 bits per heavy atom. The standard InChI is InChI=1S/C10H16N4O5S2/c11-10-8(14(15)16)7-9(20-10)21(17,18)12-1-2-13-3-5-19-6-4-13/h7,12H,1-6,11H2. The Morgan fingerprint density at radius 1 is 1.48 bits per heavy atom. The third kappa shape index (κ3) is 4.11. The number of hydrogen-bond acceptors (Lipinski definition) is 8. The fraction of sp³-hybridized carbons (Fsp3) is 0.600. The molecule has 11 heteroatoms. The van der Waals surface area contributed by atoms with Crippen LogP contribution >= 0.6 is 11.3 Å². The lowest BCUT2D eigenvalue weighted by molar-refractivity contribution is -0.383. The molecule has 0 spiro atoms. The molecule has 2 rings (SSSR count). The molecule has 0 bridgehead atoms. The van der Waals surface area contributed by atoms with E-state index >= 15 is 0 Å². The summed E-state index contributed by atoms with van der Waals surface area (Å²) in [4.78, 5) is 12.1. The second-order valence-corrected chi connectivity index (χ2v) is 7.50. The van der Waals surface area contributed by atoms with Gasteiger partial charge in [0.2, 0.25) is 10.0 Å². The highest BCUT2D eigenvalue weighted by Crippen LogP contribution is 2.34. The van der Waals surface area contributed by atoms with Crippen molar-refractivity contribution in [1.29, 1.82) is 0 Å². The summed E-state index contributed by atoms with van der Waals surface area (Å²) in [6.45, 7) is 3.60. The highest BCUT2D eigenvalue weighted by molar-refractivity contribution is 7.91. The Bertz CT molecular complexity index is 609. The molecule has 1 aromatic heterocycles. The van der Waals surface area contributed by atoms with E-state index in [-0.39, 0.29) is 21.4 Å². The number of nitrogen functional groups attached to an aromatic ring is 1. The Kier molecular flexibility index (Phi) is 5.11. The van der Waals surface area contributed by atoms with Crippen LogP contribution in [0.2, 0.25) is 0 Å². The van der Waals surface area contributed by atoms with Gasteiger partial charge < -0.3 is 10.5 Å². The molecule has 1 saturated heterocycles. The van der Waals surface area contributed by atoms with Gasteiger partial charge in [-0.05, 0) is 0 Å². The van der Waals surface area contributed by atoms with Gasteiger partial charge in [0.1, 0.15) is 4.21 Å². The minimum Gasteiger partial charge on any atom is -0.385 e. The van der Waals surface area contributed by atoms with Gasteiger partial charge in [0.05, 0.1) is 18.1 Å². The average Bonchev–Trinajstić information content (AvgIpc) is 2.83. The van der Waals surface area contributed by atoms with Crippen LogP contribution in [0.3, 0.4) is 0 Å². The van der Waals surface area contributed by atoms with E-state index in [0.29, 0.717) is 31.1 Å². The zero-order valence-corrected chi connectivity index (χ0v) is 12.8. The zero-order chi connectivity index (χ0) is 15.5. The van der Waals surface area contributed by atoms with Crippen LogP contribution in [0.1, 0.15) is 0 Å². The SMILES string of the molecule is Nc1sc(S(=O)(=O)NCCN2CCOCC2)cc1[N+](=O)[O-]. The Morgan fingerprint density at radius 3 is 2.71 bits per heavy atom. The first-order chi connectivity index (χ1) is 9.90. The normalized spacial score (nSPS) is 17.0. The molecule has 0 atom stereocenters. The summed E-state index contributed by atoms with van der Waals surface area (Å²) in [5, 5.41) is 10.6. The zero-order valence-electron chi connectivity index (χ0n) is 11.1. The predicted molar refractivity (Wildman–Crippen MR) is 77.8 cm³/mol. The van der Waals surface area contributed by atoms with Gasteiger partial charge in [-0.1, -0.05) is 11.3 Å². The summed E-state index contributed by atoms with van der Waals surface area (Å²) in [6, 6.07) is 0.983. The van der Waals surface area contributed by atoms with Crippen LogP contribution in [-0.2, 0) is 14.8 Å². The quantitative estimate of drug-likeness (QED) is 0.546. The van der Waals surface area contributed by atoms with Gasteiger partial charge in [0, 0.05) is 32.2 Å². The number of hydrogen-bond donors (Lipinski definition) is 2. The number of sulfonamides is 1. The van der Waals surface area contributed by atoms with Crippen LogP contribution in [0.25, 0.3) is 0 Å². The lowest BCUT2D eigenvalue weighted by Gasteiger charge is -2.26. The molecule has 1 aliphatic heterocycles. The molecular formula is C10H16N4O5S2. The van der Waals surface area contributed by atoms with E-state index in [1.165, 1.54) is 0 Å². The van der Waals surface area contributed by atoms with E-state index in [4.69, 9.17) is 10.5 Å². The first-order valence-electron chi connectivity index (χ1n) is 6.23. The van der Waals surface area contributed by atoms with E-state index in [9.17, 15) is 18.5 Å². The van der Waals surface area contributed by atoms with Crippen molar-refractivity contribution in [3.63, 3.8) is 0 Å². The lowest BCUT2D eigenvalue weighted by Crippen LogP contribution is -2.41. The molecule has 3 N–H and O–H groups in total. The first-order valence-corrected chi connectivity index (χ1v) is 8.53. The van der Waals surface area contributed by atoms with Crippen molar-refractivity contribution in [3.8, 4) is 0 Å². The van der Waals surface area contributed by atoms with E-state index in [0.717, 1.165) is 19.2 Å². The number of nitrogens with zero attached hydrogens (tertiary/aromatic N) is 2. The van der Waals surface area contributed by atoms with Gasteiger partial charge in [-0.3, -0.25) is 15.0 Å². The summed E-state index contributed by atoms with van der Waals surface area (Å²) in [6.07, 6.45) is 0. The molecule has 0 amide bonds. The van der Waals surface area contributed by atoms with Crippen molar-refractivity contribution in [2.24, 2.45) is 0 Å². The topological polar surface area (TPSA) is 128 Å². The predicted octanol–water partition coefficient (Wildman–Crippen LogP) is -0.151. The molecule has 1 aromatic rings. The third-order valence-electron chi connectivity index (χ3n) is 3.00. The van der Waals surface area contributed by atoms with Crippen molar-refractivity contribution in [2.45, 2.75) is 4.21 Å². The summed E-state index contributed by atoms with van der Waals surface area (Å²) in [7, 11) is -3.77. The number of nitro groups is 1. The van der Waals surface area contributed by atoms with Crippen molar-refractivity contribution in [3.05, 3.63) is 16.2 Å². The Hall–Kier alpha value is -1.27. The van der Waals surface area contributed by atoms with Crippen molar-refractivity contribution in [2.75, 3.05) is 45.1 Å². The molecule has 2 heterocycles. The molecule has 9 nitrogen and oxygen atoms in total. The molecule has 118 valence electrons. The maximum Gasteiger partial charge on any atom is 0.304 e. The minimum absolute atomic E-state index is 0.117. The van der Waals surface area contributed by atoms with E-state index < -0.39 is 14.9 Å². The molecular weight excluding hydrogens is 320 g/mol. The monoisotopic (exact) mass is 336 g/mol. The van der Waals surface area contributed by atoms with Gasteiger partial charge >= 0.3 is 5.69 Å². The molecule has 1 aliphatic rings. The van der Waals surface area contributed by atoms with Gasteiger partial charge in [-0.25, -0.2) is 13.1 Å². The Labute approximate surface area is 125 Å². The highest BCUT2D eigenvalue weighted by atomic mass is 32.2. The summed E-state index contributed by atoms with van der Waals surface area (Å²) in [5.74, 6) is 0. The molecule has 0 radical (unpaired) electrons. The first kappa shape index (κ1) is 16.1. The molecule has 0 saturated carbocycles. The number of nitrogens with two attached hydrogens (primary N) is 1. The average molecular weight is 336 g/mol. The van der Waals surface area contributed by atoms with Crippen LogP contribution in [0.5, 0.6) is 0 Å². The highest BCUT2D eigenvalue weighted by Gasteiger charge is 2.24. The summed E-state index contributed by atoms with van der Waals surface area (Å²) < 4.78 is 31.6. The molecule has 1 fully saturated rings. The minimum atomic E-state index is -3.77. The fourth-order valence-corrected chi connectivity index (χ4v) is 4.16. The molecule has 0 aliphatic carbocycles. The molecule has 21 heavy (non-hydrogen) atoms. The van der Waals surface area contributed by atoms with Crippen LogP contribution in [0.4, 0.5) is 10.7 Å². The van der Waals surface area contributed by atoms with Crippen molar-refractivity contribution in [1.82, 2.24) is 9.62 Å². The summed E-state index contributed by atoms with van der Waals surface area (Å²) >= 11 is 0.688. The smallest absolute Gasteiger partial charge is 0.304 e. The Balaban J connectivity index is 1.95. The molecule has 0 unspecified atom stereocenters. The van der Waals surface area contributed by atoms with Gasteiger partial charge in [-0.2, -0.15) is 0 Å². The van der Waals surface area contributed by atoms with Crippen LogP contribution < -0.4 is 10.5 Å². The van der Waals surface area contributed by atoms with E-state index in [2.05, 4.69) is 9.62 Å². The second-order valence-electron chi connectivity index (χ2n) is 4.42. The molecule has 0 aromatic carbocycles. The summed E-state index contributed by atoms with van der Waals surface area (Å²) in [5.41, 5.74) is 5.07. The van der Waals surface area contributed by atoms with Gasteiger partial charge in [-0.15, -0.1) is 0 Å². The maximum atomic E-state index is 12.0. The maximum absolute atomic E-state index is 12.0. The van der Waals surface area contributed by atoms with Gasteiger partial charge in [0.25, 0.3) is 0 Å². The van der Waals surface area contributed by atoms with Crippen molar-refractivity contribution < 1.29 is 18.1 Å². The van der Waals surface area contributed by atoms with Gasteiger partial charge in [0.15, 0.2) is 5.00 Å². The fourth-order valence-electron chi connectivity index (χ4n) is 1.88.